The van der Waals surface area contributed by atoms with E-state index in [0.29, 0.717) is 11.4 Å². The molecular formula is C12H10N6. The third-order valence-corrected chi connectivity index (χ3v) is 2.63. The van der Waals surface area contributed by atoms with E-state index in [1.54, 1.807) is 23.0 Å². The summed E-state index contributed by atoms with van der Waals surface area (Å²) in [6.07, 6.45) is 1.55. The molecule has 1 aromatic carbocycles. The van der Waals surface area contributed by atoms with Crippen LogP contribution in [0.1, 0.15) is 5.56 Å². The standard InChI is InChI=1S/C12H10N6/c13-12(14)8-5-6-11(15-7-8)18-10-4-2-1-3-9(10)16-17-18/h1-7H,(H3,13,14). The van der Waals surface area contributed by atoms with Crippen molar-refractivity contribution in [1.29, 1.82) is 5.41 Å². The number of nitrogens with two attached hydrogens (primary N) is 1. The smallest absolute Gasteiger partial charge is 0.155 e. The van der Waals surface area contributed by atoms with Crippen LogP contribution >= 0.6 is 0 Å². The van der Waals surface area contributed by atoms with Crippen LogP contribution in [0.5, 0.6) is 0 Å². The third kappa shape index (κ3) is 1.60. The van der Waals surface area contributed by atoms with Gasteiger partial charge in [0.05, 0.1) is 5.52 Å². The number of aromatic nitrogens is 4. The Morgan fingerprint density at radius 3 is 2.72 bits per heavy atom. The Balaban J connectivity index is 2.12. The lowest BCUT2D eigenvalue weighted by Crippen LogP contribution is -2.11. The average Bonchev–Trinajstić information content (AvgIpc) is 2.82. The number of fused-ring (bicyclic) bond motifs is 1. The van der Waals surface area contributed by atoms with Crippen LogP contribution in [0, 0.1) is 5.41 Å². The Morgan fingerprint density at radius 2 is 2.00 bits per heavy atom. The second kappa shape index (κ2) is 3.92. The molecule has 0 radical (unpaired) electrons. The van der Waals surface area contributed by atoms with Crippen LogP contribution in [0.25, 0.3) is 16.9 Å². The Bertz CT molecular complexity index is 713. The van der Waals surface area contributed by atoms with Gasteiger partial charge in [0.1, 0.15) is 11.4 Å². The highest BCUT2D eigenvalue weighted by Crippen LogP contribution is 2.14. The number of para-hydroxylation sites is 1. The molecule has 0 amide bonds. The first-order chi connectivity index (χ1) is 8.75. The van der Waals surface area contributed by atoms with Gasteiger partial charge in [-0.3, -0.25) is 5.41 Å². The normalized spacial score (nSPS) is 10.7. The molecule has 0 unspecified atom stereocenters. The van der Waals surface area contributed by atoms with E-state index in [4.69, 9.17) is 11.1 Å². The molecule has 0 aliphatic rings. The fourth-order valence-electron chi connectivity index (χ4n) is 1.71. The van der Waals surface area contributed by atoms with Gasteiger partial charge in [-0.05, 0) is 24.3 Å². The topological polar surface area (TPSA) is 93.5 Å². The highest BCUT2D eigenvalue weighted by Gasteiger charge is 2.06. The average molecular weight is 238 g/mol. The quantitative estimate of drug-likeness (QED) is 0.516. The van der Waals surface area contributed by atoms with Gasteiger partial charge in [-0.1, -0.05) is 17.3 Å². The molecule has 3 aromatic rings. The molecule has 3 N–H and O–H groups in total. The molecule has 6 nitrogen and oxygen atoms in total. The van der Waals surface area contributed by atoms with E-state index in [0.717, 1.165) is 11.0 Å². The van der Waals surface area contributed by atoms with Crippen molar-refractivity contribution in [3.63, 3.8) is 0 Å². The minimum atomic E-state index is -0.00232. The van der Waals surface area contributed by atoms with Gasteiger partial charge in [0.25, 0.3) is 0 Å². The van der Waals surface area contributed by atoms with E-state index in [1.807, 2.05) is 24.3 Å². The van der Waals surface area contributed by atoms with Gasteiger partial charge in [0.2, 0.25) is 0 Å². The summed E-state index contributed by atoms with van der Waals surface area (Å²) in [6, 6.07) is 11.2. The van der Waals surface area contributed by atoms with Crippen molar-refractivity contribution in [2.75, 3.05) is 0 Å². The summed E-state index contributed by atoms with van der Waals surface area (Å²) in [4.78, 5) is 4.23. The highest BCUT2D eigenvalue weighted by molar-refractivity contribution is 5.94. The van der Waals surface area contributed by atoms with E-state index in [9.17, 15) is 0 Å². The van der Waals surface area contributed by atoms with Gasteiger partial charge in [-0.2, -0.15) is 4.68 Å². The van der Waals surface area contributed by atoms with Crippen molar-refractivity contribution in [2.45, 2.75) is 0 Å². The zero-order valence-corrected chi connectivity index (χ0v) is 9.41. The van der Waals surface area contributed by atoms with Crippen molar-refractivity contribution < 1.29 is 0 Å². The Labute approximate surface area is 103 Å². The summed E-state index contributed by atoms with van der Waals surface area (Å²) in [6.45, 7) is 0. The molecule has 18 heavy (non-hydrogen) atoms. The molecule has 0 spiro atoms. The molecule has 88 valence electrons. The summed E-state index contributed by atoms with van der Waals surface area (Å²) >= 11 is 0. The maximum atomic E-state index is 7.31. The van der Waals surface area contributed by atoms with Crippen LogP contribution in [-0.2, 0) is 0 Å². The lowest BCUT2D eigenvalue weighted by atomic mass is 10.2. The predicted molar refractivity (Wildman–Crippen MR) is 67.7 cm³/mol. The first kappa shape index (κ1) is 10.4. The molecule has 3 rings (SSSR count). The second-order valence-electron chi connectivity index (χ2n) is 3.81. The van der Waals surface area contributed by atoms with Crippen LogP contribution in [0.4, 0.5) is 0 Å². The minimum absolute atomic E-state index is 0.00232. The van der Waals surface area contributed by atoms with E-state index >= 15 is 0 Å². The fourth-order valence-corrected chi connectivity index (χ4v) is 1.71. The summed E-state index contributed by atoms with van der Waals surface area (Å²) in [5.41, 5.74) is 7.67. The van der Waals surface area contributed by atoms with Gasteiger partial charge in [-0.15, -0.1) is 5.10 Å². The third-order valence-electron chi connectivity index (χ3n) is 2.63. The van der Waals surface area contributed by atoms with Crippen LogP contribution in [0.2, 0.25) is 0 Å². The first-order valence-corrected chi connectivity index (χ1v) is 5.37. The van der Waals surface area contributed by atoms with Gasteiger partial charge in [-0.25, -0.2) is 4.98 Å². The van der Waals surface area contributed by atoms with Crippen molar-refractivity contribution in [2.24, 2.45) is 5.73 Å². The SMILES string of the molecule is N=C(N)c1ccc(-n2nnc3ccccc32)nc1. The van der Waals surface area contributed by atoms with Crippen molar-refractivity contribution in [3.8, 4) is 5.82 Å². The number of hydrogen-bond acceptors (Lipinski definition) is 4. The Morgan fingerprint density at radius 1 is 1.17 bits per heavy atom. The molecule has 2 aromatic heterocycles. The van der Waals surface area contributed by atoms with Crippen molar-refractivity contribution in [1.82, 2.24) is 20.0 Å². The molecule has 0 aliphatic heterocycles. The van der Waals surface area contributed by atoms with E-state index in [1.165, 1.54) is 0 Å². The largest absolute Gasteiger partial charge is 0.384 e. The lowest BCUT2D eigenvalue weighted by Gasteiger charge is -2.02. The summed E-state index contributed by atoms with van der Waals surface area (Å²) in [5, 5.41) is 15.4. The fraction of sp³-hybridized carbons (Fsp3) is 0. The highest BCUT2D eigenvalue weighted by atomic mass is 15.4. The molecule has 0 aliphatic carbocycles. The van der Waals surface area contributed by atoms with E-state index in [2.05, 4.69) is 15.3 Å². The van der Waals surface area contributed by atoms with Gasteiger partial charge >= 0.3 is 0 Å². The van der Waals surface area contributed by atoms with Gasteiger partial charge in [0, 0.05) is 11.8 Å². The number of pyridine rings is 1. The number of benzene rings is 1. The van der Waals surface area contributed by atoms with Crippen LogP contribution < -0.4 is 5.73 Å². The lowest BCUT2D eigenvalue weighted by molar-refractivity contribution is 0.801. The monoisotopic (exact) mass is 238 g/mol. The molecule has 0 saturated carbocycles. The van der Waals surface area contributed by atoms with Crippen LogP contribution in [0.3, 0.4) is 0 Å². The molecular weight excluding hydrogens is 228 g/mol. The predicted octanol–water partition coefficient (Wildman–Crippen LogP) is 1.10. The van der Waals surface area contributed by atoms with Crippen LogP contribution in [-0.4, -0.2) is 25.8 Å². The van der Waals surface area contributed by atoms with Gasteiger partial charge < -0.3 is 5.73 Å². The maximum absolute atomic E-state index is 7.31. The maximum Gasteiger partial charge on any atom is 0.155 e. The minimum Gasteiger partial charge on any atom is -0.384 e. The molecule has 0 saturated heterocycles. The molecule has 0 bridgehead atoms. The van der Waals surface area contributed by atoms with E-state index in [-0.39, 0.29) is 5.84 Å². The van der Waals surface area contributed by atoms with E-state index < -0.39 is 0 Å². The molecule has 0 fully saturated rings. The number of nitrogens with one attached hydrogen (secondary N) is 1. The van der Waals surface area contributed by atoms with Crippen LogP contribution in [0.15, 0.2) is 42.6 Å². The zero-order chi connectivity index (χ0) is 12.5. The van der Waals surface area contributed by atoms with Crippen molar-refractivity contribution >= 4 is 16.9 Å². The number of nitrogens with zero attached hydrogens (tertiary/aromatic N) is 4. The molecule has 0 atom stereocenters. The summed E-state index contributed by atoms with van der Waals surface area (Å²) in [7, 11) is 0. The summed E-state index contributed by atoms with van der Waals surface area (Å²) < 4.78 is 1.65. The summed E-state index contributed by atoms with van der Waals surface area (Å²) in [5.74, 6) is 0.645. The number of nitrogen functional groups attached to an aromatic ring is 1. The number of amidine groups is 1. The molecule has 6 heteroatoms. The zero-order valence-electron chi connectivity index (χ0n) is 9.41. The first-order valence-electron chi connectivity index (χ1n) is 5.37. The van der Waals surface area contributed by atoms with Crippen molar-refractivity contribution in [3.05, 3.63) is 48.2 Å². The number of hydrogen-bond donors (Lipinski definition) is 2. The molecule has 2 heterocycles. The Kier molecular flexibility index (Phi) is 2.26. The number of rotatable bonds is 2. The Hall–Kier alpha value is -2.76. The second-order valence-corrected chi connectivity index (χ2v) is 3.81. The van der Waals surface area contributed by atoms with Gasteiger partial charge in [0.15, 0.2) is 5.82 Å².